The van der Waals surface area contributed by atoms with Crippen LogP contribution in [0.25, 0.3) is 11.8 Å². The summed E-state index contributed by atoms with van der Waals surface area (Å²) in [7, 11) is 0. The molecule has 0 unspecified atom stereocenters. The van der Waals surface area contributed by atoms with E-state index in [4.69, 9.17) is 0 Å². The zero-order chi connectivity index (χ0) is 26.0. The minimum atomic E-state index is -0.938. The second-order valence-electron chi connectivity index (χ2n) is 11.4. The summed E-state index contributed by atoms with van der Waals surface area (Å²) in [5.41, 5.74) is 3.53. The third kappa shape index (κ3) is 4.00. The number of aryl methyl sites for hydroxylation is 1. The van der Waals surface area contributed by atoms with Crippen molar-refractivity contribution < 1.29 is 18.7 Å². The summed E-state index contributed by atoms with van der Waals surface area (Å²) >= 11 is 0. The highest BCUT2D eigenvalue weighted by molar-refractivity contribution is 5.96. The van der Waals surface area contributed by atoms with E-state index in [1.54, 1.807) is 10.9 Å². The molecule has 5 nitrogen and oxygen atoms in total. The van der Waals surface area contributed by atoms with Gasteiger partial charge >= 0.3 is 0 Å². The minimum absolute atomic E-state index is 0.0484. The van der Waals surface area contributed by atoms with Crippen molar-refractivity contribution in [2.45, 2.75) is 69.9 Å². The maximum atomic E-state index is 13.9. The number of benzene rings is 2. The van der Waals surface area contributed by atoms with Gasteiger partial charge in [0.15, 0.2) is 11.6 Å². The van der Waals surface area contributed by atoms with Crippen LogP contribution in [0.4, 0.5) is 8.78 Å². The first-order chi connectivity index (χ1) is 17.6. The van der Waals surface area contributed by atoms with Crippen LogP contribution in [-0.4, -0.2) is 31.9 Å². The number of hydrogen-bond acceptors (Lipinski definition) is 3. The highest BCUT2D eigenvalue weighted by Gasteiger charge is 2.54. The highest BCUT2D eigenvalue weighted by atomic mass is 19.2. The molecule has 2 fully saturated rings. The van der Waals surface area contributed by atoms with E-state index in [0.29, 0.717) is 36.9 Å². The van der Waals surface area contributed by atoms with Gasteiger partial charge in [0.1, 0.15) is 0 Å². The molecule has 2 N–H and O–H groups in total. The van der Waals surface area contributed by atoms with Crippen molar-refractivity contribution in [2.75, 3.05) is 0 Å². The molecule has 2 aromatic carbocycles. The predicted molar refractivity (Wildman–Crippen MR) is 137 cm³/mol. The van der Waals surface area contributed by atoms with Crippen molar-refractivity contribution in [1.82, 2.24) is 15.1 Å². The number of nitrogens with zero attached hydrogens (tertiary/aromatic N) is 2. The summed E-state index contributed by atoms with van der Waals surface area (Å²) < 4.78 is 29.0. The molecule has 3 aromatic rings. The van der Waals surface area contributed by atoms with Gasteiger partial charge in [-0.15, -0.1) is 0 Å². The number of fused-ring (bicyclic) bond motifs is 2. The number of carbonyl (C=O) groups excluding carboxylic acids is 1. The summed E-state index contributed by atoms with van der Waals surface area (Å²) in [4.78, 5) is 12.9. The first-order valence-corrected chi connectivity index (χ1v) is 13.0. The van der Waals surface area contributed by atoms with Gasteiger partial charge in [-0.2, -0.15) is 5.10 Å². The van der Waals surface area contributed by atoms with Crippen molar-refractivity contribution in [1.29, 1.82) is 0 Å². The van der Waals surface area contributed by atoms with Crippen molar-refractivity contribution in [3.05, 3.63) is 88.3 Å². The molecule has 7 heteroatoms. The van der Waals surface area contributed by atoms with E-state index < -0.39 is 22.7 Å². The first kappa shape index (κ1) is 24.0. The van der Waals surface area contributed by atoms with E-state index in [-0.39, 0.29) is 11.4 Å². The molecule has 1 heterocycles. The SMILES string of the molecule is CC1(NC(=O)c2ccccc2CC[C@]2(O)CCC3=Cc4c(cnn4-c4ccc(F)c(F)c4)C[C@@]32C)CC1. The maximum absolute atomic E-state index is 13.9. The van der Waals surface area contributed by atoms with Gasteiger partial charge in [-0.25, -0.2) is 13.5 Å². The first-order valence-electron chi connectivity index (χ1n) is 13.0. The number of aromatic nitrogens is 2. The lowest BCUT2D eigenvalue weighted by Crippen LogP contribution is -2.45. The van der Waals surface area contributed by atoms with Gasteiger partial charge < -0.3 is 10.4 Å². The third-order valence-corrected chi connectivity index (χ3v) is 8.92. The number of rotatable bonds is 6. The second kappa shape index (κ2) is 8.35. The topological polar surface area (TPSA) is 67.2 Å². The molecular weight excluding hydrogens is 472 g/mol. The third-order valence-electron chi connectivity index (χ3n) is 8.92. The standard InChI is InChI=1S/C30H31F2N3O2/c1-28(13-14-28)34-27(36)23-6-4-3-5-19(23)9-11-30(37)12-10-21-15-26-20(17-29(21,30)2)18-33-35(26)22-7-8-24(31)25(32)16-22/h3-8,15-16,18,37H,9-14,17H2,1-2H3,(H,34,36)/t29-,30-/m0/s1. The lowest BCUT2D eigenvalue weighted by molar-refractivity contribution is -0.0461. The smallest absolute Gasteiger partial charge is 0.251 e. The van der Waals surface area contributed by atoms with Crippen molar-refractivity contribution >= 4 is 12.0 Å². The predicted octanol–water partition coefficient (Wildman–Crippen LogP) is 5.54. The van der Waals surface area contributed by atoms with Crippen LogP contribution in [-0.2, 0) is 12.8 Å². The Morgan fingerprint density at radius 3 is 2.65 bits per heavy atom. The Hall–Kier alpha value is -3.32. The molecule has 2 atom stereocenters. The molecule has 0 radical (unpaired) electrons. The Labute approximate surface area is 215 Å². The number of halogens is 2. The summed E-state index contributed by atoms with van der Waals surface area (Å²) in [6, 6.07) is 11.4. The van der Waals surface area contributed by atoms with Crippen molar-refractivity contribution in [2.24, 2.45) is 5.41 Å². The minimum Gasteiger partial charge on any atom is -0.389 e. The Balaban J connectivity index is 1.25. The van der Waals surface area contributed by atoms with E-state index in [9.17, 15) is 18.7 Å². The van der Waals surface area contributed by atoms with Gasteiger partial charge in [-0.05, 0) is 87.3 Å². The fourth-order valence-corrected chi connectivity index (χ4v) is 6.11. The maximum Gasteiger partial charge on any atom is 0.251 e. The molecular formula is C30H31F2N3O2. The molecule has 0 aliphatic heterocycles. The average Bonchev–Trinajstić information content (AvgIpc) is 3.36. The van der Waals surface area contributed by atoms with Crippen LogP contribution in [0.1, 0.15) is 73.1 Å². The monoisotopic (exact) mass is 503 g/mol. The summed E-state index contributed by atoms with van der Waals surface area (Å²) in [5, 5.41) is 19.6. The largest absolute Gasteiger partial charge is 0.389 e. The van der Waals surface area contributed by atoms with Crippen LogP contribution in [0.3, 0.4) is 0 Å². The molecule has 2 saturated carbocycles. The fourth-order valence-electron chi connectivity index (χ4n) is 6.11. The normalized spacial score (nSPS) is 25.3. The Morgan fingerprint density at radius 2 is 1.89 bits per heavy atom. The van der Waals surface area contributed by atoms with Gasteiger partial charge in [0.2, 0.25) is 0 Å². The van der Waals surface area contributed by atoms with Crippen molar-refractivity contribution in [3.63, 3.8) is 0 Å². The molecule has 37 heavy (non-hydrogen) atoms. The highest BCUT2D eigenvalue weighted by Crippen LogP contribution is 2.57. The number of aliphatic hydroxyl groups is 1. The molecule has 0 bridgehead atoms. The Bertz CT molecular complexity index is 1440. The van der Waals surface area contributed by atoms with Crippen LogP contribution in [0.5, 0.6) is 0 Å². The summed E-state index contributed by atoms with van der Waals surface area (Å²) in [6.07, 6.45) is 8.94. The van der Waals surface area contributed by atoms with Gasteiger partial charge in [-0.1, -0.05) is 30.7 Å². The van der Waals surface area contributed by atoms with E-state index in [2.05, 4.69) is 30.3 Å². The van der Waals surface area contributed by atoms with Gasteiger partial charge in [0, 0.05) is 22.6 Å². The molecule has 0 spiro atoms. The molecule has 6 rings (SSSR count). The number of carbonyl (C=O) groups is 1. The molecule has 1 aromatic heterocycles. The zero-order valence-corrected chi connectivity index (χ0v) is 21.2. The van der Waals surface area contributed by atoms with Gasteiger partial charge in [0.25, 0.3) is 5.91 Å². The number of amides is 1. The zero-order valence-electron chi connectivity index (χ0n) is 21.2. The van der Waals surface area contributed by atoms with Crippen LogP contribution in [0.2, 0.25) is 0 Å². The van der Waals surface area contributed by atoms with Crippen LogP contribution in [0.15, 0.2) is 54.2 Å². The number of nitrogens with one attached hydrogen (secondary N) is 1. The fraction of sp³-hybridized carbons (Fsp3) is 0.400. The number of hydrogen-bond donors (Lipinski definition) is 2. The van der Waals surface area contributed by atoms with Crippen LogP contribution < -0.4 is 5.32 Å². The lowest BCUT2D eigenvalue weighted by atomic mass is 9.65. The molecule has 192 valence electrons. The van der Waals surface area contributed by atoms with E-state index >= 15 is 0 Å². The van der Waals surface area contributed by atoms with Gasteiger partial charge in [0.05, 0.1) is 23.2 Å². The molecule has 1 amide bonds. The quantitative estimate of drug-likeness (QED) is 0.464. The summed E-state index contributed by atoms with van der Waals surface area (Å²) in [5.74, 6) is -1.85. The van der Waals surface area contributed by atoms with E-state index in [1.165, 1.54) is 6.07 Å². The average molecular weight is 504 g/mol. The van der Waals surface area contributed by atoms with Crippen LogP contribution in [0, 0.1) is 17.0 Å². The molecule has 3 aliphatic rings. The second-order valence-corrected chi connectivity index (χ2v) is 11.4. The van der Waals surface area contributed by atoms with Crippen molar-refractivity contribution in [3.8, 4) is 5.69 Å². The van der Waals surface area contributed by atoms with Gasteiger partial charge in [-0.3, -0.25) is 4.79 Å². The van der Waals surface area contributed by atoms with E-state index in [0.717, 1.165) is 53.8 Å². The van der Waals surface area contributed by atoms with Crippen LogP contribution >= 0.6 is 0 Å². The Kier molecular flexibility index (Phi) is 5.42. The molecule has 0 saturated heterocycles. The lowest BCUT2D eigenvalue weighted by Gasteiger charge is -2.42. The Morgan fingerprint density at radius 1 is 1.11 bits per heavy atom. The van der Waals surface area contributed by atoms with E-state index in [1.807, 2.05) is 24.3 Å². The molecule has 3 aliphatic carbocycles. The summed E-state index contributed by atoms with van der Waals surface area (Å²) in [6.45, 7) is 4.17.